The van der Waals surface area contributed by atoms with Crippen LogP contribution in [-0.2, 0) is 0 Å². The fourth-order valence-corrected chi connectivity index (χ4v) is 3.18. The van der Waals surface area contributed by atoms with Crippen LogP contribution in [0.1, 0.15) is 37.1 Å². The average Bonchev–Trinajstić information content (AvgIpc) is 2.95. The van der Waals surface area contributed by atoms with Gasteiger partial charge in [0.05, 0.1) is 0 Å². The summed E-state index contributed by atoms with van der Waals surface area (Å²) in [6.07, 6.45) is 5.09. The highest BCUT2D eigenvalue weighted by molar-refractivity contribution is 9.10. The second-order valence-corrected chi connectivity index (χ2v) is 6.75. The molecule has 1 aromatic heterocycles. The third-order valence-electron chi connectivity index (χ3n) is 3.99. The van der Waals surface area contributed by atoms with Gasteiger partial charge in [0.25, 0.3) is 0 Å². The van der Waals surface area contributed by atoms with Crippen molar-refractivity contribution in [1.82, 2.24) is 9.97 Å². The van der Waals surface area contributed by atoms with E-state index in [9.17, 15) is 0 Å². The van der Waals surface area contributed by atoms with Crippen LogP contribution in [0, 0.1) is 13.8 Å². The molecule has 1 saturated carbocycles. The first-order chi connectivity index (χ1) is 10.6. The number of hydrogen-bond donors (Lipinski definition) is 2. The van der Waals surface area contributed by atoms with E-state index < -0.39 is 0 Å². The highest BCUT2D eigenvalue weighted by atomic mass is 79.9. The maximum Gasteiger partial charge on any atom is 0.136 e. The lowest BCUT2D eigenvalue weighted by molar-refractivity contribution is 0.748. The maximum atomic E-state index is 4.50. The van der Waals surface area contributed by atoms with Crippen molar-refractivity contribution < 1.29 is 0 Å². The maximum absolute atomic E-state index is 4.50. The predicted octanol–water partition coefficient (Wildman–Crippen LogP) is 4.95. The molecular weight excluding hydrogens is 340 g/mol. The standard InChI is InChI=1S/C17H21BrN4/c1-11-7-8-14(9-15(11)18)22-17-10-16(19-12(2)20-17)21-13-5-3-4-6-13/h7-10,13H,3-6H2,1-2H3,(H2,19,20,21,22). The van der Waals surface area contributed by atoms with Crippen LogP contribution in [0.15, 0.2) is 28.7 Å². The second-order valence-electron chi connectivity index (χ2n) is 5.90. The molecule has 0 aliphatic heterocycles. The zero-order valence-corrected chi connectivity index (χ0v) is 14.6. The van der Waals surface area contributed by atoms with Crippen LogP contribution < -0.4 is 10.6 Å². The molecule has 1 aliphatic carbocycles. The summed E-state index contributed by atoms with van der Waals surface area (Å²) in [5, 5.41) is 6.88. The number of anilines is 3. The minimum atomic E-state index is 0.552. The van der Waals surface area contributed by atoms with Crippen molar-refractivity contribution >= 4 is 33.3 Å². The fraction of sp³-hybridized carbons (Fsp3) is 0.412. The number of halogens is 1. The molecule has 0 spiro atoms. The zero-order chi connectivity index (χ0) is 15.5. The summed E-state index contributed by atoms with van der Waals surface area (Å²) in [6.45, 7) is 4.00. The topological polar surface area (TPSA) is 49.8 Å². The van der Waals surface area contributed by atoms with Crippen LogP contribution in [0.4, 0.5) is 17.3 Å². The highest BCUT2D eigenvalue weighted by Gasteiger charge is 2.15. The Kier molecular flexibility index (Phi) is 4.62. The Morgan fingerprint density at radius 1 is 1.05 bits per heavy atom. The molecule has 5 heteroatoms. The number of benzene rings is 1. The molecule has 0 atom stereocenters. The normalized spacial score (nSPS) is 15.0. The van der Waals surface area contributed by atoms with Gasteiger partial charge in [-0.15, -0.1) is 0 Å². The molecule has 4 nitrogen and oxygen atoms in total. The Morgan fingerprint density at radius 3 is 2.50 bits per heavy atom. The van der Waals surface area contributed by atoms with Crippen molar-refractivity contribution in [2.24, 2.45) is 0 Å². The van der Waals surface area contributed by atoms with Gasteiger partial charge in [-0.25, -0.2) is 9.97 Å². The summed E-state index contributed by atoms with van der Waals surface area (Å²) in [4.78, 5) is 8.98. The molecule has 2 aromatic rings. The largest absolute Gasteiger partial charge is 0.367 e. The number of aryl methyl sites for hydroxylation is 2. The molecule has 1 aliphatic rings. The number of rotatable bonds is 4. The molecule has 0 unspecified atom stereocenters. The quantitative estimate of drug-likeness (QED) is 0.809. The van der Waals surface area contributed by atoms with Crippen LogP contribution in [0.3, 0.4) is 0 Å². The lowest BCUT2D eigenvalue weighted by Crippen LogP contribution is -2.16. The summed E-state index contributed by atoms with van der Waals surface area (Å²) >= 11 is 3.56. The van der Waals surface area contributed by atoms with Gasteiger partial charge in [-0.3, -0.25) is 0 Å². The van der Waals surface area contributed by atoms with Crippen LogP contribution in [-0.4, -0.2) is 16.0 Å². The molecule has 0 bridgehead atoms. The summed E-state index contributed by atoms with van der Waals surface area (Å²) in [6, 6.07) is 8.74. The van der Waals surface area contributed by atoms with Crippen molar-refractivity contribution in [3.05, 3.63) is 40.1 Å². The average molecular weight is 361 g/mol. The summed E-state index contributed by atoms with van der Waals surface area (Å²) in [7, 11) is 0. The molecule has 0 radical (unpaired) electrons. The van der Waals surface area contributed by atoms with Crippen molar-refractivity contribution in [2.75, 3.05) is 10.6 Å². The minimum Gasteiger partial charge on any atom is -0.367 e. The van der Waals surface area contributed by atoms with Crippen molar-refractivity contribution in [1.29, 1.82) is 0 Å². The second kappa shape index (κ2) is 6.65. The van der Waals surface area contributed by atoms with Gasteiger partial charge in [-0.1, -0.05) is 34.8 Å². The van der Waals surface area contributed by atoms with Gasteiger partial charge >= 0.3 is 0 Å². The number of nitrogens with zero attached hydrogens (tertiary/aromatic N) is 2. The Labute approximate surface area is 139 Å². The first-order valence-electron chi connectivity index (χ1n) is 7.75. The molecule has 0 amide bonds. The van der Waals surface area contributed by atoms with Gasteiger partial charge in [0, 0.05) is 22.3 Å². The van der Waals surface area contributed by atoms with Gasteiger partial charge in [-0.05, 0) is 44.4 Å². The van der Waals surface area contributed by atoms with Crippen molar-refractivity contribution in [3.63, 3.8) is 0 Å². The summed E-state index contributed by atoms with van der Waals surface area (Å²) in [5.74, 6) is 2.51. The van der Waals surface area contributed by atoms with E-state index >= 15 is 0 Å². The lowest BCUT2D eigenvalue weighted by atomic mass is 10.2. The van der Waals surface area contributed by atoms with Crippen molar-refractivity contribution in [3.8, 4) is 0 Å². The third kappa shape index (κ3) is 3.77. The SMILES string of the molecule is Cc1nc(Nc2ccc(C)c(Br)c2)cc(NC2CCCC2)n1. The molecule has 116 valence electrons. The van der Waals surface area contributed by atoms with Crippen LogP contribution in [0.2, 0.25) is 0 Å². The Balaban J connectivity index is 1.77. The highest BCUT2D eigenvalue weighted by Crippen LogP contribution is 2.25. The van der Waals surface area contributed by atoms with E-state index in [2.05, 4.69) is 61.7 Å². The number of nitrogens with one attached hydrogen (secondary N) is 2. The summed E-state index contributed by atoms with van der Waals surface area (Å²) in [5.41, 5.74) is 2.23. The van der Waals surface area contributed by atoms with Gasteiger partial charge in [0.15, 0.2) is 0 Å². The molecule has 22 heavy (non-hydrogen) atoms. The van der Waals surface area contributed by atoms with Gasteiger partial charge in [-0.2, -0.15) is 0 Å². The van der Waals surface area contributed by atoms with E-state index in [1.165, 1.54) is 31.2 Å². The monoisotopic (exact) mass is 360 g/mol. The van der Waals surface area contributed by atoms with Crippen LogP contribution in [0.25, 0.3) is 0 Å². The zero-order valence-electron chi connectivity index (χ0n) is 13.0. The molecule has 2 N–H and O–H groups in total. The van der Waals surface area contributed by atoms with Gasteiger partial charge in [0.2, 0.25) is 0 Å². The third-order valence-corrected chi connectivity index (χ3v) is 4.84. The molecule has 1 fully saturated rings. The minimum absolute atomic E-state index is 0.552. The lowest BCUT2D eigenvalue weighted by Gasteiger charge is -2.14. The first-order valence-corrected chi connectivity index (χ1v) is 8.55. The van der Waals surface area contributed by atoms with E-state index in [0.717, 1.165) is 27.6 Å². The Bertz CT molecular complexity index is 666. The molecular formula is C17H21BrN4. The first kappa shape index (κ1) is 15.3. The molecule has 1 aromatic carbocycles. The van der Waals surface area contributed by atoms with Crippen LogP contribution in [0.5, 0.6) is 0 Å². The van der Waals surface area contributed by atoms with E-state index in [-0.39, 0.29) is 0 Å². The predicted molar refractivity (Wildman–Crippen MR) is 94.8 cm³/mol. The number of aromatic nitrogens is 2. The number of hydrogen-bond acceptors (Lipinski definition) is 4. The molecule has 1 heterocycles. The van der Waals surface area contributed by atoms with E-state index in [4.69, 9.17) is 0 Å². The summed E-state index contributed by atoms with van der Waals surface area (Å²) < 4.78 is 1.09. The Morgan fingerprint density at radius 2 is 1.77 bits per heavy atom. The Hall–Kier alpha value is -1.62. The van der Waals surface area contributed by atoms with E-state index in [1.807, 2.05) is 13.0 Å². The molecule has 3 rings (SSSR count). The fourth-order valence-electron chi connectivity index (χ4n) is 2.80. The van der Waals surface area contributed by atoms with Gasteiger partial charge in [0.1, 0.15) is 17.5 Å². The van der Waals surface area contributed by atoms with Crippen molar-refractivity contribution in [2.45, 2.75) is 45.6 Å². The van der Waals surface area contributed by atoms with E-state index in [0.29, 0.717) is 6.04 Å². The van der Waals surface area contributed by atoms with Gasteiger partial charge < -0.3 is 10.6 Å². The molecule has 0 saturated heterocycles. The van der Waals surface area contributed by atoms with E-state index in [1.54, 1.807) is 0 Å². The van der Waals surface area contributed by atoms with Crippen LogP contribution >= 0.6 is 15.9 Å². The smallest absolute Gasteiger partial charge is 0.136 e.